The number of guanidine groups is 1. The number of likely N-dealkylation sites (N-methyl/N-ethyl adjacent to an activating group) is 1. The molecule has 0 saturated carbocycles. The number of nitrogens with one attached hydrogen (secondary N) is 2. The van der Waals surface area contributed by atoms with Crippen LogP contribution in [0.3, 0.4) is 0 Å². The normalized spacial score (nSPS) is 14.9. The molecule has 2 atom stereocenters. The Morgan fingerprint density at radius 1 is 1.19 bits per heavy atom. The summed E-state index contributed by atoms with van der Waals surface area (Å²) in [5, 5.41) is 6.56. The highest BCUT2D eigenvalue weighted by Gasteiger charge is 2.15. The number of aliphatic imine (C=N–C) groups is 1. The second kappa shape index (κ2) is 11.3. The first kappa shape index (κ1) is 23.4. The maximum absolute atomic E-state index is 11.4. The van der Waals surface area contributed by atoms with Crippen LogP contribution in [-0.4, -0.2) is 64.5 Å². The van der Waals surface area contributed by atoms with E-state index in [1.807, 2.05) is 13.8 Å². The summed E-state index contributed by atoms with van der Waals surface area (Å²) in [6.45, 7) is 7.52. The van der Waals surface area contributed by atoms with Gasteiger partial charge in [-0.25, -0.2) is 8.42 Å². The Morgan fingerprint density at radius 2 is 1.81 bits per heavy atom. The van der Waals surface area contributed by atoms with Crippen molar-refractivity contribution < 1.29 is 8.42 Å². The van der Waals surface area contributed by atoms with Gasteiger partial charge in [0.25, 0.3) is 0 Å². The van der Waals surface area contributed by atoms with E-state index in [9.17, 15) is 8.42 Å². The van der Waals surface area contributed by atoms with Gasteiger partial charge in [0, 0.05) is 18.8 Å². The molecule has 0 saturated heterocycles. The van der Waals surface area contributed by atoms with E-state index in [2.05, 4.69) is 60.8 Å². The molecule has 1 aromatic rings. The molecule has 0 aliphatic heterocycles. The van der Waals surface area contributed by atoms with Gasteiger partial charge in [0.1, 0.15) is 9.84 Å². The molecule has 2 unspecified atom stereocenters. The van der Waals surface area contributed by atoms with Crippen LogP contribution in [0.2, 0.25) is 0 Å². The minimum absolute atomic E-state index is 0.0270. The van der Waals surface area contributed by atoms with Gasteiger partial charge in [0.05, 0.1) is 18.3 Å². The molecule has 154 valence electrons. The van der Waals surface area contributed by atoms with E-state index in [1.54, 1.807) is 0 Å². The highest BCUT2D eigenvalue weighted by Crippen LogP contribution is 2.19. The summed E-state index contributed by atoms with van der Waals surface area (Å²) in [5.74, 6) is 0.889. The molecular formula is C20H36N4O2S. The van der Waals surface area contributed by atoms with Crippen molar-refractivity contribution in [2.75, 3.05) is 39.2 Å². The van der Waals surface area contributed by atoms with Crippen molar-refractivity contribution in [2.45, 2.75) is 45.7 Å². The zero-order chi connectivity index (χ0) is 20.4. The van der Waals surface area contributed by atoms with Crippen LogP contribution >= 0.6 is 0 Å². The quantitative estimate of drug-likeness (QED) is 0.469. The Morgan fingerprint density at radius 3 is 2.30 bits per heavy atom. The summed E-state index contributed by atoms with van der Waals surface area (Å²) >= 11 is 0. The number of sulfone groups is 1. The lowest BCUT2D eigenvalue weighted by molar-refractivity contribution is 0.306. The van der Waals surface area contributed by atoms with Crippen LogP contribution in [0.15, 0.2) is 29.3 Å². The molecule has 0 aliphatic carbocycles. The number of benzene rings is 1. The van der Waals surface area contributed by atoms with Crippen molar-refractivity contribution in [3.8, 4) is 0 Å². The molecule has 6 nitrogen and oxygen atoms in total. The van der Waals surface area contributed by atoms with Crippen LogP contribution in [0.1, 0.15) is 44.4 Å². The maximum Gasteiger partial charge on any atom is 0.191 e. The summed E-state index contributed by atoms with van der Waals surface area (Å²) in [5.41, 5.74) is 2.57. The fourth-order valence-electron chi connectivity index (χ4n) is 2.74. The Balaban J connectivity index is 2.82. The predicted octanol–water partition coefficient (Wildman–Crippen LogP) is 2.23. The van der Waals surface area contributed by atoms with E-state index < -0.39 is 9.84 Å². The van der Waals surface area contributed by atoms with E-state index in [0.717, 1.165) is 18.9 Å². The average Bonchev–Trinajstić information content (AvgIpc) is 2.60. The van der Waals surface area contributed by atoms with Crippen molar-refractivity contribution >= 4 is 15.8 Å². The van der Waals surface area contributed by atoms with E-state index in [0.29, 0.717) is 13.0 Å². The largest absolute Gasteiger partial charge is 0.357 e. The van der Waals surface area contributed by atoms with Gasteiger partial charge < -0.3 is 15.5 Å². The van der Waals surface area contributed by atoms with Crippen molar-refractivity contribution in [3.05, 3.63) is 35.4 Å². The van der Waals surface area contributed by atoms with Gasteiger partial charge in [0.2, 0.25) is 0 Å². The molecule has 2 N–H and O–H groups in total. The molecule has 0 heterocycles. The first-order valence-electron chi connectivity index (χ1n) is 9.64. The van der Waals surface area contributed by atoms with Gasteiger partial charge in [-0.2, -0.15) is 0 Å². The average molecular weight is 397 g/mol. The molecule has 0 bridgehead atoms. The van der Waals surface area contributed by atoms with E-state index in [4.69, 9.17) is 4.99 Å². The van der Waals surface area contributed by atoms with Crippen LogP contribution in [0, 0.1) is 0 Å². The van der Waals surface area contributed by atoms with Crippen LogP contribution < -0.4 is 10.6 Å². The molecule has 1 rings (SSSR count). The lowest BCUT2D eigenvalue weighted by Crippen LogP contribution is -2.43. The molecule has 0 aromatic heterocycles. The van der Waals surface area contributed by atoms with Crippen molar-refractivity contribution in [1.29, 1.82) is 0 Å². The van der Waals surface area contributed by atoms with Gasteiger partial charge in [-0.05, 0) is 51.9 Å². The lowest BCUT2D eigenvalue weighted by atomic mass is 10.0. The fraction of sp³-hybridized carbons (Fsp3) is 0.650. The van der Waals surface area contributed by atoms with Crippen molar-refractivity contribution in [3.63, 3.8) is 0 Å². The van der Waals surface area contributed by atoms with Gasteiger partial charge in [-0.1, -0.05) is 31.2 Å². The molecule has 0 radical (unpaired) electrons. The maximum atomic E-state index is 11.4. The predicted molar refractivity (Wildman–Crippen MR) is 115 cm³/mol. The Labute approximate surface area is 165 Å². The summed E-state index contributed by atoms with van der Waals surface area (Å²) in [6, 6.07) is 8.90. The highest BCUT2D eigenvalue weighted by atomic mass is 32.2. The SMILES string of the molecule is CCNC(=NCC(c1ccc(CC)cc1)N(C)C)NC(C)CCS(C)(=O)=O. The number of aryl methyl sites for hydroxylation is 1. The first-order chi connectivity index (χ1) is 12.7. The summed E-state index contributed by atoms with van der Waals surface area (Å²) in [6.07, 6.45) is 2.86. The van der Waals surface area contributed by atoms with E-state index in [1.165, 1.54) is 17.4 Å². The Bertz CT molecular complexity index is 684. The monoisotopic (exact) mass is 396 g/mol. The number of hydrogen-bond donors (Lipinski definition) is 2. The number of nitrogens with zero attached hydrogens (tertiary/aromatic N) is 2. The third-order valence-electron chi connectivity index (χ3n) is 4.47. The molecule has 0 spiro atoms. The molecule has 0 amide bonds. The zero-order valence-electron chi connectivity index (χ0n) is 17.6. The molecule has 0 aliphatic rings. The van der Waals surface area contributed by atoms with Gasteiger partial charge in [-0.15, -0.1) is 0 Å². The van der Waals surface area contributed by atoms with Crippen LogP contribution in [0.4, 0.5) is 0 Å². The molecular weight excluding hydrogens is 360 g/mol. The molecule has 1 aromatic carbocycles. The Hall–Kier alpha value is -1.60. The third kappa shape index (κ3) is 9.24. The summed E-state index contributed by atoms with van der Waals surface area (Å²) in [4.78, 5) is 6.91. The van der Waals surface area contributed by atoms with Crippen LogP contribution in [0.5, 0.6) is 0 Å². The first-order valence-corrected chi connectivity index (χ1v) is 11.7. The number of rotatable bonds is 10. The standard InChI is InChI=1S/C20H36N4O2S/c1-7-17-9-11-18(12-10-17)19(24(4)5)15-22-20(21-8-2)23-16(3)13-14-27(6,25)26/h9-12,16,19H,7-8,13-15H2,1-6H3,(H2,21,22,23). The second-order valence-electron chi connectivity index (χ2n) is 7.26. The van der Waals surface area contributed by atoms with Crippen LogP contribution in [0.25, 0.3) is 0 Å². The zero-order valence-corrected chi connectivity index (χ0v) is 18.4. The second-order valence-corrected chi connectivity index (χ2v) is 9.52. The van der Waals surface area contributed by atoms with E-state index >= 15 is 0 Å². The summed E-state index contributed by atoms with van der Waals surface area (Å²) < 4.78 is 22.7. The third-order valence-corrected chi connectivity index (χ3v) is 5.44. The van der Waals surface area contributed by atoms with Gasteiger partial charge >= 0.3 is 0 Å². The number of hydrogen-bond acceptors (Lipinski definition) is 4. The van der Waals surface area contributed by atoms with Crippen molar-refractivity contribution in [1.82, 2.24) is 15.5 Å². The fourth-order valence-corrected chi connectivity index (χ4v) is 3.52. The van der Waals surface area contributed by atoms with Crippen LogP contribution in [-0.2, 0) is 16.3 Å². The van der Waals surface area contributed by atoms with Gasteiger partial charge in [-0.3, -0.25) is 4.99 Å². The summed E-state index contributed by atoms with van der Waals surface area (Å²) in [7, 11) is 1.16. The minimum Gasteiger partial charge on any atom is -0.357 e. The smallest absolute Gasteiger partial charge is 0.191 e. The lowest BCUT2D eigenvalue weighted by Gasteiger charge is -2.24. The Kier molecular flexibility index (Phi) is 9.80. The topological polar surface area (TPSA) is 73.8 Å². The van der Waals surface area contributed by atoms with E-state index in [-0.39, 0.29) is 17.8 Å². The van der Waals surface area contributed by atoms with Gasteiger partial charge in [0.15, 0.2) is 5.96 Å². The highest BCUT2D eigenvalue weighted by molar-refractivity contribution is 7.90. The molecule has 7 heteroatoms. The molecule has 0 fully saturated rings. The molecule has 27 heavy (non-hydrogen) atoms. The van der Waals surface area contributed by atoms with Crippen molar-refractivity contribution in [2.24, 2.45) is 4.99 Å². The minimum atomic E-state index is -2.95.